The van der Waals surface area contributed by atoms with E-state index in [1.165, 1.54) is 0 Å². The minimum absolute atomic E-state index is 0.996. The first-order valence-corrected chi connectivity index (χ1v) is 4.89. The van der Waals surface area contributed by atoms with Crippen LogP contribution in [-0.2, 0) is 0 Å². The van der Waals surface area contributed by atoms with Gasteiger partial charge in [0.05, 0.1) is 0 Å². The van der Waals surface area contributed by atoms with E-state index in [-0.39, 0.29) is 0 Å². The van der Waals surface area contributed by atoms with E-state index in [0.29, 0.717) is 0 Å². The highest BCUT2D eigenvalue weighted by atomic mass is 13.9. The summed E-state index contributed by atoms with van der Waals surface area (Å²) in [5.74, 6) is 11.7. The summed E-state index contributed by atoms with van der Waals surface area (Å²) in [6.07, 6.45) is 7.21. The standard InChI is InChI=1S/C15H10/c1-2-8-14(9-3-1)10-4-5-11-15-12-6-7-13-15/h1-3,6,8-9,12-13H,7H2. The molecular weight excluding hydrogens is 180 g/mol. The maximum Gasteiger partial charge on any atom is 0.0255 e. The summed E-state index contributed by atoms with van der Waals surface area (Å²) in [6, 6.07) is 9.87. The third-order valence-corrected chi connectivity index (χ3v) is 2.02. The van der Waals surface area contributed by atoms with Gasteiger partial charge in [0, 0.05) is 11.1 Å². The van der Waals surface area contributed by atoms with Gasteiger partial charge in [-0.05, 0) is 30.4 Å². The van der Waals surface area contributed by atoms with Gasteiger partial charge in [0.2, 0.25) is 0 Å². The molecule has 0 atom stereocenters. The SMILES string of the molecule is C(C#Cc1ccccc1)#CC1=CCC=C1. The van der Waals surface area contributed by atoms with Gasteiger partial charge in [0.25, 0.3) is 0 Å². The van der Waals surface area contributed by atoms with Crippen molar-refractivity contribution in [2.45, 2.75) is 6.42 Å². The fraction of sp³-hybridized carbons (Fsp3) is 0.0667. The molecular formula is C15H10. The highest BCUT2D eigenvalue weighted by Gasteiger charge is 1.89. The molecule has 0 N–H and O–H groups in total. The first kappa shape index (κ1) is 9.38. The molecule has 0 radical (unpaired) electrons. The van der Waals surface area contributed by atoms with Crippen LogP contribution in [0.4, 0.5) is 0 Å². The van der Waals surface area contributed by atoms with Crippen LogP contribution < -0.4 is 0 Å². The number of benzene rings is 1. The van der Waals surface area contributed by atoms with E-state index in [1.807, 2.05) is 36.4 Å². The van der Waals surface area contributed by atoms with Gasteiger partial charge in [-0.25, -0.2) is 0 Å². The molecule has 0 heterocycles. The third kappa shape index (κ3) is 2.90. The molecule has 0 spiro atoms. The lowest BCUT2D eigenvalue weighted by Gasteiger charge is -1.83. The van der Waals surface area contributed by atoms with Crippen molar-refractivity contribution in [3.8, 4) is 23.7 Å². The largest absolute Gasteiger partial charge is 0.0795 e. The number of hydrogen-bond acceptors (Lipinski definition) is 0. The zero-order valence-corrected chi connectivity index (χ0v) is 8.33. The summed E-state index contributed by atoms with van der Waals surface area (Å²) >= 11 is 0. The van der Waals surface area contributed by atoms with Gasteiger partial charge >= 0.3 is 0 Å². The smallest absolute Gasteiger partial charge is 0.0255 e. The lowest BCUT2D eigenvalue weighted by atomic mass is 10.2. The van der Waals surface area contributed by atoms with Crippen LogP contribution in [0.3, 0.4) is 0 Å². The van der Waals surface area contributed by atoms with Gasteiger partial charge in [0.1, 0.15) is 0 Å². The number of allylic oxidation sites excluding steroid dienone is 4. The number of hydrogen-bond donors (Lipinski definition) is 0. The highest BCUT2D eigenvalue weighted by Crippen LogP contribution is 2.06. The Morgan fingerprint density at radius 1 is 0.933 bits per heavy atom. The lowest BCUT2D eigenvalue weighted by molar-refractivity contribution is 1.44. The van der Waals surface area contributed by atoms with E-state index in [1.54, 1.807) is 0 Å². The van der Waals surface area contributed by atoms with Crippen molar-refractivity contribution in [2.75, 3.05) is 0 Å². The Bertz CT molecular complexity index is 508. The van der Waals surface area contributed by atoms with Crippen LogP contribution >= 0.6 is 0 Å². The van der Waals surface area contributed by atoms with Crippen LogP contribution in [-0.4, -0.2) is 0 Å². The molecule has 1 aliphatic carbocycles. The van der Waals surface area contributed by atoms with Crippen molar-refractivity contribution in [1.29, 1.82) is 0 Å². The highest BCUT2D eigenvalue weighted by molar-refractivity contribution is 5.47. The first-order valence-electron chi connectivity index (χ1n) is 4.89. The van der Waals surface area contributed by atoms with Gasteiger partial charge < -0.3 is 0 Å². The summed E-state index contributed by atoms with van der Waals surface area (Å²) in [5.41, 5.74) is 2.07. The molecule has 0 heteroatoms. The molecule has 70 valence electrons. The lowest BCUT2D eigenvalue weighted by Crippen LogP contribution is -1.69. The number of rotatable bonds is 0. The monoisotopic (exact) mass is 190 g/mol. The average molecular weight is 190 g/mol. The molecule has 0 amide bonds. The molecule has 0 bridgehead atoms. The topological polar surface area (TPSA) is 0 Å². The molecule has 0 unspecified atom stereocenters. The predicted molar refractivity (Wildman–Crippen MR) is 62.9 cm³/mol. The molecule has 1 aliphatic rings. The van der Waals surface area contributed by atoms with Crippen LogP contribution in [0, 0.1) is 23.7 Å². The molecule has 2 rings (SSSR count). The van der Waals surface area contributed by atoms with Crippen LogP contribution in [0.2, 0.25) is 0 Å². The molecule has 0 aromatic heterocycles. The van der Waals surface area contributed by atoms with Crippen LogP contribution in [0.1, 0.15) is 12.0 Å². The van der Waals surface area contributed by atoms with Crippen molar-refractivity contribution in [3.05, 3.63) is 59.7 Å². The van der Waals surface area contributed by atoms with E-state index >= 15 is 0 Å². The van der Waals surface area contributed by atoms with Crippen LogP contribution in [0.5, 0.6) is 0 Å². The quantitative estimate of drug-likeness (QED) is 0.552. The van der Waals surface area contributed by atoms with E-state index in [0.717, 1.165) is 17.6 Å². The fourth-order valence-electron chi connectivity index (χ4n) is 1.28. The van der Waals surface area contributed by atoms with E-state index in [9.17, 15) is 0 Å². The van der Waals surface area contributed by atoms with Gasteiger partial charge in [-0.1, -0.05) is 48.3 Å². The third-order valence-electron chi connectivity index (χ3n) is 2.02. The van der Waals surface area contributed by atoms with Gasteiger partial charge in [-0.2, -0.15) is 0 Å². The Morgan fingerprint density at radius 2 is 1.73 bits per heavy atom. The Labute approximate surface area is 90.3 Å². The van der Waals surface area contributed by atoms with Gasteiger partial charge in [0.15, 0.2) is 0 Å². The van der Waals surface area contributed by atoms with Crippen molar-refractivity contribution < 1.29 is 0 Å². The molecule has 0 aliphatic heterocycles. The maximum atomic E-state index is 3.00. The second-order valence-corrected chi connectivity index (χ2v) is 3.16. The Kier molecular flexibility index (Phi) is 3.06. The van der Waals surface area contributed by atoms with Gasteiger partial charge in [-0.3, -0.25) is 0 Å². The van der Waals surface area contributed by atoms with Crippen LogP contribution in [0.25, 0.3) is 0 Å². The van der Waals surface area contributed by atoms with E-state index < -0.39 is 0 Å². The summed E-state index contributed by atoms with van der Waals surface area (Å²) < 4.78 is 0. The average Bonchev–Trinajstić information content (AvgIpc) is 2.79. The predicted octanol–water partition coefficient (Wildman–Crippen LogP) is 2.93. The maximum absolute atomic E-state index is 3.00. The van der Waals surface area contributed by atoms with Crippen molar-refractivity contribution in [3.63, 3.8) is 0 Å². The zero-order valence-electron chi connectivity index (χ0n) is 8.33. The minimum atomic E-state index is 0.996. The van der Waals surface area contributed by atoms with Crippen molar-refractivity contribution in [1.82, 2.24) is 0 Å². The summed E-state index contributed by atoms with van der Waals surface area (Å²) in [7, 11) is 0. The fourth-order valence-corrected chi connectivity index (χ4v) is 1.28. The van der Waals surface area contributed by atoms with E-state index in [4.69, 9.17) is 0 Å². The second-order valence-electron chi connectivity index (χ2n) is 3.16. The van der Waals surface area contributed by atoms with Crippen molar-refractivity contribution >= 4 is 0 Å². The summed E-state index contributed by atoms with van der Waals surface area (Å²) in [4.78, 5) is 0. The molecule has 1 aromatic rings. The molecule has 0 fully saturated rings. The Morgan fingerprint density at radius 3 is 2.47 bits per heavy atom. The minimum Gasteiger partial charge on any atom is -0.0795 e. The zero-order chi connectivity index (χ0) is 10.3. The molecule has 0 saturated carbocycles. The van der Waals surface area contributed by atoms with Crippen LogP contribution in [0.15, 0.2) is 54.1 Å². The van der Waals surface area contributed by atoms with Gasteiger partial charge in [-0.15, -0.1) is 0 Å². The summed E-state index contributed by atoms with van der Waals surface area (Å²) in [5, 5.41) is 0. The molecule has 0 saturated heterocycles. The Balaban J connectivity index is 2.04. The van der Waals surface area contributed by atoms with Crippen molar-refractivity contribution in [2.24, 2.45) is 0 Å². The molecule has 15 heavy (non-hydrogen) atoms. The van der Waals surface area contributed by atoms with E-state index in [2.05, 4.69) is 35.8 Å². The normalized spacial score (nSPS) is 12.1. The molecule has 0 nitrogen and oxygen atoms in total. The molecule has 1 aromatic carbocycles. The Hall–Kier alpha value is -2.18. The first-order chi connectivity index (χ1) is 7.45. The second kappa shape index (κ2) is 4.89. The summed E-state index contributed by atoms with van der Waals surface area (Å²) in [6.45, 7) is 0.